The lowest BCUT2D eigenvalue weighted by Crippen LogP contribution is -2.34. The summed E-state index contributed by atoms with van der Waals surface area (Å²) in [5.74, 6) is 0.664. The highest BCUT2D eigenvalue weighted by Gasteiger charge is 2.17. The van der Waals surface area contributed by atoms with Gasteiger partial charge >= 0.3 is 0 Å². The Labute approximate surface area is 144 Å². The van der Waals surface area contributed by atoms with E-state index in [4.69, 9.17) is 5.73 Å². The van der Waals surface area contributed by atoms with Crippen molar-refractivity contribution in [2.75, 3.05) is 18.9 Å². The minimum Gasteiger partial charge on any atom is -0.346 e. The molecule has 1 atom stereocenters. The van der Waals surface area contributed by atoms with Crippen LogP contribution in [-0.2, 0) is 22.4 Å². The number of hydrogen-bond donors (Lipinski definition) is 2. The average molecular weight is 331 g/mol. The number of aryl methyl sites for hydroxylation is 1. The van der Waals surface area contributed by atoms with Crippen LogP contribution in [0.1, 0.15) is 44.2 Å². The molecule has 0 aromatic heterocycles. The van der Waals surface area contributed by atoms with Gasteiger partial charge in [-0.2, -0.15) is 0 Å². The number of nitrogens with two attached hydrogens (primary N) is 1. The highest BCUT2D eigenvalue weighted by molar-refractivity contribution is 5.99. The Hall–Kier alpha value is -1.88. The highest BCUT2D eigenvalue weighted by Crippen LogP contribution is 2.24. The maximum absolute atomic E-state index is 12.2. The first-order valence-electron chi connectivity index (χ1n) is 8.78. The van der Waals surface area contributed by atoms with Crippen LogP contribution < -0.4 is 11.1 Å². The molecule has 1 heterocycles. The lowest BCUT2D eigenvalue weighted by Gasteiger charge is -2.21. The van der Waals surface area contributed by atoms with Crippen LogP contribution in [0.5, 0.6) is 0 Å². The van der Waals surface area contributed by atoms with Crippen LogP contribution in [-0.4, -0.2) is 36.3 Å². The van der Waals surface area contributed by atoms with E-state index in [0.717, 1.165) is 30.5 Å². The maximum Gasteiger partial charge on any atom is 0.228 e. The molecular formula is C19H29N3O2. The molecule has 0 fully saturated rings. The molecule has 2 amide bonds. The molecule has 1 aromatic rings. The maximum atomic E-state index is 12.2. The van der Waals surface area contributed by atoms with Crippen molar-refractivity contribution >= 4 is 17.5 Å². The van der Waals surface area contributed by atoms with Gasteiger partial charge in [0.15, 0.2) is 0 Å². The Morgan fingerprint density at radius 3 is 2.83 bits per heavy atom. The molecule has 2 rings (SSSR count). The Morgan fingerprint density at radius 1 is 1.38 bits per heavy atom. The van der Waals surface area contributed by atoms with E-state index in [1.807, 2.05) is 19.2 Å². The molecule has 5 nitrogen and oxygen atoms in total. The van der Waals surface area contributed by atoms with Gasteiger partial charge in [-0.05, 0) is 42.4 Å². The number of rotatable bonds is 8. The quantitative estimate of drug-likeness (QED) is 0.768. The van der Waals surface area contributed by atoms with Crippen molar-refractivity contribution in [3.8, 4) is 0 Å². The van der Waals surface area contributed by atoms with Crippen LogP contribution in [0.25, 0.3) is 0 Å². The van der Waals surface area contributed by atoms with E-state index < -0.39 is 0 Å². The van der Waals surface area contributed by atoms with Crippen molar-refractivity contribution in [1.29, 1.82) is 0 Å². The fourth-order valence-corrected chi connectivity index (χ4v) is 2.87. The zero-order chi connectivity index (χ0) is 17.7. The number of nitrogens with one attached hydrogen (secondary N) is 1. The fourth-order valence-electron chi connectivity index (χ4n) is 2.87. The summed E-state index contributed by atoms with van der Waals surface area (Å²) in [7, 11) is 1.85. The molecule has 0 spiro atoms. The van der Waals surface area contributed by atoms with Crippen molar-refractivity contribution in [3.05, 3.63) is 29.3 Å². The van der Waals surface area contributed by atoms with Crippen LogP contribution in [0, 0.1) is 5.92 Å². The number of nitrogens with zero attached hydrogens (tertiary/aromatic N) is 1. The van der Waals surface area contributed by atoms with Crippen molar-refractivity contribution < 1.29 is 9.59 Å². The lowest BCUT2D eigenvalue weighted by molar-refractivity contribution is -0.130. The second-order valence-corrected chi connectivity index (χ2v) is 7.08. The first-order chi connectivity index (χ1) is 11.4. The molecule has 1 unspecified atom stereocenters. The van der Waals surface area contributed by atoms with Gasteiger partial charge in [-0.25, -0.2) is 0 Å². The van der Waals surface area contributed by atoms with E-state index in [-0.39, 0.29) is 17.9 Å². The van der Waals surface area contributed by atoms with Crippen LogP contribution in [0.3, 0.4) is 0 Å². The highest BCUT2D eigenvalue weighted by atomic mass is 16.2. The van der Waals surface area contributed by atoms with E-state index in [9.17, 15) is 9.59 Å². The van der Waals surface area contributed by atoms with Crippen LogP contribution in [0.2, 0.25) is 0 Å². The summed E-state index contributed by atoms with van der Waals surface area (Å²) in [6.07, 6.45) is 3.51. The third-order valence-electron chi connectivity index (χ3n) is 4.73. The summed E-state index contributed by atoms with van der Waals surface area (Å²) in [6, 6.07) is 6.20. The fraction of sp³-hybridized carbons (Fsp3) is 0.579. The molecule has 5 heteroatoms. The number of fused-ring (bicyclic) bond motifs is 1. The van der Waals surface area contributed by atoms with Crippen molar-refractivity contribution in [2.45, 2.75) is 52.0 Å². The van der Waals surface area contributed by atoms with Gasteiger partial charge in [-0.3, -0.25) is 9.59 Å². The Bertz CT molecular complexity index is 598. The van der Waals surface area contributed by atoms with Gasteiger partial charge in [0, 0.05) is 31.7 Å². The number of benzene rings is 1. The minimum absolute atomic E-state index is 0.0542. The summed E-state index contributed by atoms with van der Waals surface area (Å²) in [4.78, 5) is 25.3. The minimum atomic E-state index is 0.0542. The second kappa shape index (κ2) is 8.29. The first-order valence-corrected chi connectivity index (χ1v) is 8.78. The molecule has 0 saturated heterocycles. The van der Waals surface area contributed by atoms with Crippen molar-refractivity contribution in [2.24, 2.45) is 11.7 Å². The van der Waals surface area contributed by atoms with E-state index in [1.54, 1.807) is 4.90 Å². The van der Waals surface area contributed by atoms with E-state index >= 15 is 0 Å². The van der Waals surface area contributed by atoms with Gasteiger partial charge in [0.25, 0.3) is 0 Å². The van der Waals surface area contributed by atoms with Crippen LogP contribution >= 0.6 is 0 Å². The summed E-state index contributed by atoms with van der Waals surface area (Å²) in [5, 5.41) is 2.83. The largest absolute Gasteiger partial charge is 0.346 e. The summed E-state index contributed by atoms with van der Waals surface area (Å²) >= 11 is 0. The van der Waals surface area contributed by atoms with Crippen LogP contribution in [0.4, 0.5) is 5.69 Å². The standard InChI is InChI=1S/C19H29N3O2/c1-13(2)16(20)9-10-22(3)19(24)6-4-5-14-7-8-17-15(11-14)12-18(23)21-17/h7-8,11,13,16H,4-6,9-10,12,20H2,1-3H3,(H,21,23). The first kappa shape index (κ1) is 18.5. The number of amides is 2. The average Bonchev–Trinajstić information content (AvgIpc) is 2.91. The van der Waals surface area contributed by atoms with Crippen LogP contribution in [0.15, 0.2) is 18.2 Å². The number of carbonyl (C=O) groups is 2. The Kier molecular flexibility index (Phi) is 6.37. The number of anilines is 1. The molecule has 1 aliphatic heterocycles. The zero-order valence-corrected chi connectivity index (χ0v) is 15.0. The van der Waals surface area contributed by atoms with Gasteiger partial charge in [-0.1, -0.05) is 26.0 Å². The Balaban J connectivity index is 1.73. The summed E-state index contributed by atoms with van der Waals surface area (Å²) in [5.41, 5.74) is 9.19. The predicted octanol–water partition coefficient (Wildman–Crippen LogP) is 2.34. The van der Waals surface area contributed by atoms with E-state index in [1.165, 1.54) is 5.56 Å². The molecule has 1 aliphatic rings. The molecular weight excluding hydrogens is 302 g/mol. The predicted molar refractivity (Wildman–Crippen MR) is 96.8 cm³/mol. The Morgan fingerprint density at radius 2 is 2.12 bits per heavy atom. The molecule has 0 saturated carbocycles. The van der Waals surface area contributed by atoms with Gasteiger partial charge < -0.3 is 16.0 Å². The second-order valence-electron chi connectivity index (χ2n) is 7.08. The zero-order valence-electron chi connectivity index (χ0n) is 15.0. The lowest BCUT2D eigenvalue weighted by atomic mass is 10.0. The molecule has 132 valence electrons. The molecule has 1 aromatic carbocycles. The van der Waals surface area contributed by atoms with Crippen molar-refractivity contribution in [1.82, 2.24) is 4.90 Å². The van der Waals surface area contributed by atoms with Gasteiger partial charge in [0.05, 0.1) is 6.42 Å². The van der Waals surface area contributed by atoms with E-state index in [2.05, 4.69) is 25.2 Å². The molecule has 0 bridgehead atoms. The molecule has 0 radical (unpaired) electrons. The molecule has 0 aliphatic carbocycles. The van der Waals surface area contributed by atoms with E-state index in [0.29, 0.717) is 25.3 Å². The summed E-state index contributed by atoms with van der Waals surface area (Å²) in [6.45, 7) is 4.92. The molecule has 3 N–H and O–H groups in total. The van der Waals surface area contributed by atoms with Gasteiger partial charge in [0.1, 0.15) is 0 Å². The van der Waals surface area contributed by atoms with Gasteiger partial charge in [0.2, 0.25) is 11.8 Å². The number of carbonyl (C=O) groups excluding carboxylic acids is 2. The molecule has 24 heavy (non-hydrogen) atoms. The number of hydrogen-bond acceptors (Lipinski definition) is 3. The van der Waals surface area contributed by atoms with Crippen molar-refractivity contribution in [3.63, 3.8) is 0 Å². The summed E-state index contributed by atoms with van der Waals surface area (Å²) < 4.78 is 0. The normalized spacial score (nSPS) is 14.5. The third-order valence-corrected chi connectivity index (χ3v) is 4.73. The smallest absolute Gasteiger partial charge is 0.228 e. The topological polar surface area (TPSA) is 75.4 Å². The van der Waals surface area contributed by atoms with Gasteiger partial charge in [-0.15, -0.1) is 0 Å². The monoisotopic (exact) mass is 331 g/mol. The SMILES string of the molecule is CC(C)C(N)CCN(C)C(=O)CCCc1ccc2c(c1)CC(=O)N2. The third kappa shape index (κ3) is 5.06.